The summed E-state index contributed by atoms with van der Waals surface area (Å²) in [5.74, 6) is 1.21. The monoisotopic (exact) mass is 253 g/mol. The number of rotatable bonds is 4. The Kier molecular flexibility index (Phi) is 4.40. The second kappa shape index (κ2) is 6.03. The number of nitrogens with zero attached hydrogens (tertiary/aromatic N) is 1. The van der Waals surface area contributed by atoms with E-state index in [1.165, 1.54) is 0 Å². The van der Waals surface area contributed by atoms with E-state index in [9.17, 15) is 4.79 Å². The molecule has 0 amide bonds. The Morgan fingerprint density at radius 1 is 1.18 bits per heavy atom. The maximum absolute atomic E-state index is 11.1. The minimum atomic E-state index is 0.375. The van der Waals surface area contributed by atoms with Crippen molar-refractivity contribution in [1.29, 1.82) is 0 Å². The van der Waals surface area contributed by atoms with Crippen molar-refractivity contribution >= 4 is 17.4 Å². The molecule has 1 aliphatic heterocycles. The molecule has 0 atom stereocenters. The highest BCUT2D eigenvalue weighted by molar-refractivity contribution is 6.30. The smallest absolute Gasteiger partial charge is 0.135 e. The maximum atomic E-state index is 11.1. The highest BCUT2D eigenvalue weighted by Gasteiger charge is 2.15. The van der Waals surface area contributed by atoms with Gasteiger partial charge in [0.25, 0.3) is 0 Å². The van der Waals surface area contributed by atoms with Crippen molar-refractivity contribution in [2.24, 2.45) is 0 Å². The lowest BCUT2D eigenvalue weighted by atomic mass is 10.1. The largest absolute Gasteiger partial charge is 0.492 e. The first-order valence-corrected chi connectivity index (χ1v) is 6.24. The minimum Gasteiger partial charge on any atom is -0.492 e. The summed E-state index contributed by atoms with van der Waals surface area (Å²) in [7, 11) is 0. The number of Topliss-reactive ketones (excluding diaryl/α,β-unsaturated/α-hetero) is 1. The average Bonchev–Trinajstić information content (AvgIpc) is 2.34. The van der Waals surface area contributed by atoms with Crippen molar-refractivity contribution in [2.75, 3.05) is 26.2 Å². The Morgan fingerprint density at radius 2 is 1.82 bits per heavy atom. The highest BCUT2D eigenvalue weighted by atomic mass is 35.5. The van der Waals surface area contributed by atoms with Crippen LogP contribution in [0.2, 0.25) is 5.02 Å². The molecule has 0 unspecified atom stereocenters. The first-order chi connectivity index (χ1) is 8.24. The van der Waals surface area contributed by atoms with Crippen LogP contribution in [0.4, 0.5) is 0 Å². The average molecular weight is 254 g/mol. The third kappa shape index (κ3) is 4.02. The molecule has 0 bridgehead atoms. The summed E-state index contributed by atoms with van der Waals surface area (Å²) >= 11 is 5.79. The van der Waals surface area contributed by atoms with Gasteiger partial charge in [-0.05, 0) is 24.3 Å². The van der Waals surface area contributed by atoms with Gasteiger partial charge < -0.3 is 4.74 Å². The van der Waals surface area contributed by atoms with E-state index in [4.69, 9.17) is 16.3 Å². The van der Waals surface area contributed by atoms with E-state index in [0.29, 0.717) is 30.3 Å². The molecule has 1 aromatic carbocycles. The predicted octanol–water partition coefficient (Wildman–Crippen LogP) is 2.38. The number of piperidine rings is 1. The summed E-state index contributed by atoms with van der Waals surface area (Å²) in [4.78, 5) is 13.3. The van der Waals surface area contributed by atoms with Crippen molar-refractivity contribution in [3.05, 3.63) is 29.3 Å². The van der Waals surface area contributed by atoms with E-state index in [-0.39, 0.29) is 0 Å². The summed E-state index contributed by atoms with van der Waals surface area (Å²) < 4.78 is 5.61. The predicted molar refractivity (Wildman–Crippen MR) is 67.6 cm³/mol. The topological polar surface area (TPSA) is 29.5 Å². The van der Waals surface area contributed by atoms with Crippen molar-refractivity contribution in [2.45, 2.75) is 12.8 Å². The Hall–Kier alpha value is -1.06. The number of carbonyl (C=O) groups excluding carboxylic acids is 1. The number of benzene rings is 1. The van der Waals surface area contributed by atoms with Gasteiger partial charge in [0.2, 0.25) is 0 Å². The Morgan fingerprint density at radius 3 is 2.47 bits per heavy atom. The summed E-state index contributed by atoms with van der Waals surface area (Å²) in [5, 5.41) is 0.715. The number of halogens is 1. The van der Waals surface area contributed by atoms with Crippen LogP contribution >= 0.6 is 11.6 Å². The number of ether oxygens (including phenoxy) is 1. The lowest BCUT2D eigenvalue weighted by molar-refractivity contribution is -0.121. The molecule has 17 heavy (non-hydrogen) atoms. The van der Waals surface area contributed by atoms with Gasteiger partial charge in [0.05, 0.1) is 0 Å². The molecule has 1 aliphatic rings. The van der Waals surface area contributed by atoms with Crippen LogP contribution < -0.4 is 4.74 Å². The molecule has 0 N–H and O–H groups in total. The van der Waals surface area contributed by atoms with Gasteiger partial charge in [-0.2, -0.15) is 0 Å². The lowest BCUT2D eigenvalue weighted by Gasteiger charge is -2.25. The van der Waals surface area contributed by atoms with Crippen LogP contribution in [-0.4, -0.2) is 36.9 Å². The summed E-state index contributed by atoms with van der Waals surface area (Å²) in [6, 6.07) is 7.36. The van der Waals surface area contributed by atoms with E-state index >= 15 is 0 Å². The van der Waals surface area contributed by atoms with Crippen LogP contribution in [-0.2, 0) is 4.79 Å². The lowest BCUT2D eigenvalue weighted by Crippen LogP contribution is -2.36. The van der Waals surface area contributed by atoms with Gasteiger partial charge in [0, 0.05) is 37.5 Å². The van der Waals surface area contributed by atoms with E-state index < -0.39 is 0 Å². The van der Waals surface area contributed by atoms with Crippen molar-refractivity contribution in [3.63, 3.8) is 0 Å². The van der Waals surface area contributed by atoms with E-state index in [1.54, 1.807) is 0 Å². The molecule has 1 heterocycles. The summed E-state index contributed by atoms with van der Waals surface area (Å²) in [6.07, 6.45) is 1.36. The Labute approximate surface area is 106 Å². The first-order valence-electron chi connectivity index (χ1n) is 5.86. The Bertz CT molecular complexity index is 368. The fourth-order valence-electron chi connectivity index (χ4n) is 1.85. The van der Waals surface area contributed by atoms with Crippen LogP contribution in [0.25, 0.3) is 0 Å². The fourth-order valence-corrected chi connectivity index (χ4v) is 1.98. The molecule has 2 rings (SSSR count). The first kappa shape index (κ1) is 12.4. The SMILES string of the molecule is O=C1CCN(CCOc2ccc(Cl)cc2)CC1. The zero-order valence-electron chi connectivity index (χ0n) is 9.69. The molecular formula is C13H16ClNO2. The molecular weight excluding hydrogens is 238 g/mol. The number of likely N-dealkylation sites (tertiary alicyclic amines) is 1. The molecule has 4 heteroatoms. The van der Waals surface area contributed by atoms with Crippen LogP contribution in [0.5, 0.6) is 5.75 Å². The van der Waals surface area contributed by atoms with Gasteiger partial charge in [0.15, 0.2) is 0 Å². The van der Waals surface area contributed by atoms with Crippen LogP contribution in [0, 0.1) is 0 Å². The van der Waals surface area contributed by atoms with Crippen LogP contribution in [0.3, 0.4) is 0 Å². The van der Waals surface area contributed by atoms with Crippen LogP contribution in [0.1, 0.15) is 12.8 Å². The molecule has 1 fully saturated rings. The van der Waals surface area contributed by atoms with E-state index in [1.807, 2.05) is 24.3 Å². The van der Waals surface area contributed by atoms with Crippen molar-refractivity contribution < 1.29 is 9.53 Å². The number of hydrogen-bond acceptors (Lipinski definition) is 3. The molecule has 92 valence electrons. The molecule has 0 aromatic heterocycles. The second-order valence-corrected chi connectivity index (χ2v) is 4.62. The minimum absolute atomic E-state index is 0.375. The number of hydrogen-bond donors (Lipinski definition) is 0. The van der Waals surface area contributed by atoms with E-state index in [2.05, 4.69) is 4.90 Å². The van der Waals surface area contributed by atoms with Gasteiger partial charge in [-0.25, -0.2) is 0 Å². The third-order valence-corrected chi connectivity index (χ3v) is 3.16. The van der Waals surface area contributed by atoms with Crippen LogP contribution in [0.15, 0.2) is 24.3 Å². The van der Waals surface area contributed by atoms with Gasteiger partial charge >= 0.3 is 0 Å². The summed E-state index contributed by atoms with van der Waals surface area (Å²) in [5.41, 5.74) is 0. The zero-order chi connectivity index (χ0) is 12.1. The highest BCUT2D eigenvalue weighted by Crippen LogP contribution is 2.15. The molecule has 0 radical (unpaired) electrons. The molecule has 3 nitrogen and oxygen atoms in total. The standard InChI is InChI=1S/C13H16ClNO2/c14-11-1-3-13(4-2-11)17-10-9-15-7-5-12(16)6-8-15/h1-4H,5-10H2. The summed E-state index contributed by atoms with van der Waals surface area (Å²) in [6.45, 7) is 3.25. The van der Waals surface area contributed by atoms with Gasteiger partial charge in [0.1, 0.15) is 18.1 Å². The zero-order valence-corrected chi connectivity index (χ0v) is 10.4. The molecule has 0 spiro atoms. The number of carbonyl (C=O) groups is 1. The quantitative estimate of drug-likeness (QED) is 0.825. The number of ketones is 1. The third-order valence-electron chi connectivity index (χ3n) is 2.90. The van der Waals surface area contributed by atoms with Crippen molar-refractivity contribution in [1.82, 2.24) is 4.90 Å². The molecule has 1 aromatic rings. The van der Waals surface area contributed by atoms with Gasteiger partial charge in [-0.15, -0.1) is 0 Å². The van der Waals surface area contributed by atoms with Crippen molar-refractivity contribution in [3.8, 4) is 5.75 Å². The van der Waals surface area contributed by atoms with Gasteiger partial charge in [-0.1, -0.05) is 11.6 Å². The van der Waals surface area contributed by atoms with Gasteiger partial charge in [-0.3, -0.25) is 9.69 Å². The molecule has 0 saturated carbocycles. The molecule has 0 aliphatic carbocycles. The maximum Gasteiger partial charge on any atom is 0.135 e. The second-order valence-electron chi connectivity index (χ2n) is 4.18. The Balaban J connectivity index is 1.69. The normalized spacial score (nSPS) is 17.1. The van der Waals surface area contributed by atoms with E-state index in [0.717, 1.165) is 25.4 Å². The molecule has 1 saturated heterocycles. The fraction of sp³-hybridized carbons (Fsp3) is 0.462.